The Morgan fingerprint density at radius 1 is 1.29 bits per heavy atom. The van der Waals surface area contributed by atoms with Gasteiger partial charge in [-0.1, -0.05) is 12.1 Å². The molecule has 0 saturated carbocycles. The number of hydrogen-bond donors (Lipinski definition) is 1. The molecule has 1 saturated heterocycles. The fraction of sp³-hybridized carbons (Fsp3) is 0.429. The molecular formula is C14H16FNO4S. The number of carboxylic acid groups (broad SMARTS) is 1. The van der Waals surface area contributed by atoms with Crippen LogP contribution in [0, 0.1) is 11.7 Å². The number of likely N-dealkylation sites (tertiary alicyclic amines) is 1. The van der Waals surface area contributed by atoms with Crippen molar-refractivity contribution < 1.29 is 23.3 Å². The van der Waals surface area contributed by atoms with Gasteiger partial charge in [0.1, 0.15) is 11.6 Å². The highest BCUT2D eigenvalue weighted by Gasteiger charge is 2.28. The maximum Gasteiger partial charge on any atom is 0.306 e. The van der Waals surface area contributed by atoms with Crippen molar-refractivity contribution in [1.82, 2.24) is 4.90 Å². The SMILES string of the molecule is O=C(O)C1CCN(C(=O)CS(=O)c2ccccc2F)CC1. The summed E-state index contributed by atoms with van der Waals surface area (Å²) in [6, 6.07) is 5.67. The Morgan fingerprint density at radius 3 is 2.48 bits per heavy atom. The molecular weight excluding hydrogens is 297 g/mol. The van der Waals surface area contributed by atoms with Gasteiger partial charge in [-0.2, -0.15) is 0 Å². The van der Waals surface area contributed by atoms with Crippen LogP contribution in [0.25, 0.3) is 0 Å². The number of carbonyl (C=O) groups is 2. The highest BCUT2D eigenvalue weighted by molar-refractivity contribution is 7.85. The monoisotopic (exact) mass is 313 g/mol. The summed E-state index contributed by atoms with van der Waals surface area (Å²) in [4.78, 5) is 24.4. The third kappa shape index (κ3) is 3.87. The van der Waals surface area contributed by atoms with Gasteiger partial charge < -0.3 is 10.0 Å². The Hall–Kier alpha value is -1.76. The fourth-order valence-electron chi connectivity index (χ4n) is 2.29. The first-order valence-electron chi connectivity index (χ1n) is 6.62. The molecule has 0 spiro atoms. The number of aliphatic carboxylic acids is 1. The minimum absolute atomic E-state index is 0.0197. The van der Waals surface area contributed by atoms with Crippen LogP contribution in [-0.2, 0) is 20.4 Å². The zero-order valence-electron chi connectivity index (χ0n) is 11.3. The molecule has 2 rings (SSSR count). The first-order chi connectivity index (χ1) is 9.99. The van der Waals surface area contributed by atoms with Gasteiger partial charge in [0.25, 0.3) is 0 Å². The van der Waals surface area contributed by atoms with Gasteiger partial charge in [-0.3, -0.25) is 13.8 Å². The molecule has 1 fully saturated rings. The Morgan fingerprint density at radius 2 is 1.90 bits per heavy atom. The number of piperidine rings is 1. The van der Waals surface area contributed by atoms with E-state index in [1.54, 1.807) is 6.07 Å². The van der Waals surface area contributed by atoms with E-state index in [9.17, 15) is 18.2 Å². The predicted molar refractivity (Wildman–Crippen MR) is 74.6 cm³/mol. The highest BCUT2D eigenvalue weighted by Crippen LogP contribution is 2.18. The molecule has 0 bridgehead atoms. The average Bonchev–Trinajstić information content (AvgIpc) is 2.47. The number of carbonyl (C=O) groups excluding carboxylic acids is 1. The number of rotatable bonds is 4. The first-order valence-corrected chi connectivity index (χ1v) is 7.94. The third-order valence-corrected chi connectivity index (χ3v) is 4.86. The lowest BCUT2D eigenvalue weighted by Gasteiger charge is -2.30. The van der Waals surface area contributed by atoms with Crippen molar-refractivity contribution >= 4 is 22.7 Å². The molecule has 5 nitrogen and oxygen atoms in total. The van der Waals surface area contributed by atoms with E-state index < -0.39 is 28.5 Å². The van der Waals surface area contributed by atoms with Crippen molar-refractivity contribution in [2.45, 2.75) is 17.7 Å². The zero-order valence-corrected chi connectivity index (χ0v) is 12.1. The molecule has 0 radical (unpaired) electrons. The van der Waals surface area contributed by atoms with Crippen molar-refractivity contribution in [3.05, 3.63) is 30.1 Å². The van der Waals surface area contributed by atoms with E-state index in [4.69, 9.17) is 5.11 Å². The lowest BCUT2D eigenvalue weighted by atomic mass is 9.97. The molecule has 0 aromatic heterocycles. The summed E-state index contributed by atoms with van der Waals surface area (Å²) in [5.41, 5.74) is 0. The van der Waals surface area contributed by atoms with Crippen LogP contribution in [0.2, 0.25) is 0 Å². The van der Waals surface area contributed by atoms with Crippen LogP contribution in [0.4, 0.5) is 4.39 Å². The van der Waals surface area contributed by atoms with Gasteiger partial charge in [0.15, 0.2) is 0 Å². The number of carboxylic acids is 1. The van der Waals surface area contributed by atoms with E-state index in [1.165, 1.54) is 23.1 Å². The summed E-state index contributed by atoms with van der Waals surface area (Å²) < 4.78 is 25.5. The maximum absolute atomic E-state index is 13.5. The molecule has 1 N–H and O–H groups in total. The van der Waals surface area contributed by atoms with Crippen LogP contribution < -0.4 is 0 Å². The summed E-state index contributed by atoms with van der Waals surface area (Å²) in [7, 11) is -1.73. The number of amides is 1. The second-order valence-corrected chi connectivity index (χ2v) is 6.33. The van der Waals surface area contributed by atoms with Crippen molar-refractivity contribution in [2.24, 2.45) is 5.92 Å². The third-order valence-electron chi connectivity index (χ3n) is 3.53. The molecule has 1 unspecified atom stereocenters. The van der Waals surface area contributed by atoms with Gasteiger partial charge in [0.2, 0.25) is 5.91 Å². The van der Waals surface area contributed by atoms with E-state index in [0.717, 1.165) is 0 Å². The fourth-order valence-corrected chi connectivity index (χ4v) is 3.36. The standard InChI is InChI=1S/C14H16FNO4S/c15-11-3-1-2-4-12(11)21(20)9-13(17)16-7-5-10(6-8-16)14(18)19/h1-4,10H,5-9H2,(H,18,19). The number of benzene rings is 1. The van der Waals surface area contributed by atoms with Crippen LogP contribution in [0.3, 0.4) is 0 Å². The van der Waals surface area contributed by atoms with E-state index in [1.807, 2.05) is 0 Å². The molecule has 1 heterocycles. The van der Waals surface area contributed by atoms with Crippen LogP contribution >= 0.6 is 0 Å². The maximum atomic E-state index is 13.5. The van der Waals surface area contributed by atoms with Crippen LogP contribution in [-0.4, -0.2) is 44.9 Å². The van der Waals surface area contributed by atoms with E-state index in [2.05, 4.69) is 0 Å². The normalized spacial score (nSPS) is 17.5. The van der Waals surface area contributed by atoms with Crippen molar-refractivity contribution in [3.63, 3.8) is 0 Å². The van der Waals surface area contributed by atoms with Crippen LogP contribution in [0.5, 0.6) is 0 Å². The predicted octanol–water partition coefficient (Wildman–Crippen LogP) is 1.26. The quantitative estimate of drug-likeness (QED) is 0.908. The Bertz CT molecular complexity index is 570. The molecule has 7 heteroatoms. The molecule has 114 valence electrons. The number of hydrogen-bond acceptors (Lipinski definition) is 3. The topological polar surface area (TPSA) is 74.7 Å². The van der Waals surface area contributed by atoms with Crippen molar-refractivity contribution in [3.8, 4) is 0 Å². The minimum atomic E-state index is -1.73. The molecule has 0 aliphatic carbocycles. The van der Waals surface area contributed by atoms with E-state index >= 15 is 0 Å². The summed E-state index contributed by atoms with van der Waals surface area (Å²) >= 11 is 0. The molecule has 1 aromatic carbocycles. The second-order valence-electron chi connectivity index (χ2n) is 4.91. The lowest BCUT2D eigenvalue weighted by Crippen LogP contribution is -2.42. The van der Waals surface area contributed by atoms with Gasteiger partial charge >= 0.3 is 5.97 Å². The first kappa shape index (κ1) is 15.6. The van der Waals surface area contributed by atoms with E-state index in [0.29, 0.717) is 25.9 Å². The highest BCUT2D eigenvalue weighted by atomic mass is 32.2. The van der Waals surface area contributed by atoms with Crippen LogP contribution in [0.15, 0.2) is 29.2 Å². The van der Waals surface area contributed by atoms with Gasteiger partial charge in [0.05, 0.1) is 21.6 Å². The smallest absolute Gasteiger partial charge is 0.306 e. The molecule has 1 aliphatic heterocycles. The molecule has 1 aromatic rings. The Kier molecular flexibility index (Phi) is 5.06. The number of nitrogens with zero attached hydrogens (tertiary/aromatic N) is 1. The van der Waals surface area contributed by atoms with E-state index in [-0.39, 0.29) is 16.6 Å². The summed E-state index contributed by atoms with van der Waals surface area (Å²) in [5, 5.41) is 8.89. The molecule has 1 atom stereocenters. The zero-order chi connectivity index (χ0) is 15.4. The van der Waals surface area contributed by atoms with Gasteiger partial charge in [-0.15, -0.1) is 0 Å². The van der Waals surface area contributed by atoms with Gasteiger partial charge in [-0.25, -0.2) is 4.39 Å². The Labute approximate surface area is 124 Å². The lowest BCUT2D eigenvalue weighted by molar-refractivity contribution is -0.145. The van der Waals surface area contributed by atoms with Crippen molar-refractivity contribution in [1.29, 1.82) is 0 Å². The Balaban J connectivity index is 1.92. The van der Waals surface area contributed by atoms with Gasteiger partial charge in [-0.05, 0) is 25.0 Å². The second kappa shape index (κ2) is 6.80. The average molecular weight is 313 g/mol. The summed E-state index contributed by atoms with van der Waals surface area (Å²) in [6.45, 7) is 0.675. The minimum Gasteiger partial charge on any atom is -0.481 e. The molecule has 1 aliphatic rings. The number of halogens is 1. The molecule has 21 heavy (non-hydrogen) atoms. The summed E-state index contributed by atoms with van der Waals surface area (Å²) in [5.74, 6) is -2.48. The van der Waals surface area contributed by atoms with Crippen molar-refractivity contribution in [2.75, 3.05) is 18.8 Å². The summed E-state index contributed by atoms with van der Waals surface area (Å²) in [6.07, 6.45) is 0.792. The van der Waals surface area contributed by atoms with Crippen LogP contribution in [0.1, 0.15) is 12.8 Å². The molecule has 1 amide bonds. The van der Waals surface area contributed by atoms with Gasteiger partial charge in [0, 0.05) is 13.1 Å². The largest absolute Gasteiger partial charge is 0.481 e.